The SMILES string of the molecule is C=C.C=C/C=C(\C=C)c1ccc(-c2ccc3cc(-c4cc5ccc(-c6ccc(-c7ccccc7)cc6)c6ccc7cccc4c7c56)c4cccc5ccc2c3c54)cc1.Cc1ccccc1C. The second kappa shape index (κ2) is 17.7. The maximum Gasteiger partial charge on any atom is -0.00201 e. The highest BCUT2D eigenvalue weighted by Crippen LogP contribution is 2.48. The summed E-state index contributed by atoms with van der Waals surface area (Å²) in [6, 6.07) is 73.8. The van der Waals surface area contributed by atoms with E-state index < -0.39 is 0 Å². The Morgan fingerprint density at radius 1 is 0.348 bits per heavy atom. The largest absolute Gasteiger partial charge is 0.106 e. The van der Waals surface area contributed by atoms with Gasteiger partial charge in [0, 0.05) is 0 Å². The number of benzene rings is 12. The molecule has 0 nitrogen and oxygen atoms in total. The zero-order valence-electron chi connectivity index (χ0n) is 37.6. The summed E-state index contributed by atoms with van der Waals surface area (Å²) in [5.41, 5.74) is 14.9. The van der Waals surface area contributed by atoms with Crippen LogP contribution in [0.2, 0.25) is 0 Å². The van der Waals surface area contributed by atoms with E-state index in [0.717, 1.165) is 11.1 Å². The normalized spacial score (nSPS) is 11.5. The molecule has 0 heterocycles. The average molecular weight is 843 g/mol. The minimum Gasteiger partial charge on any atom is -0.106 e. The molecular formula is C66H50. The first-order valence-corrected chi connectivity index (χ1v) is 22.6. The highest BCUT2D eigenvalue weighted by Gasteiger charge is 2.20. The molecule has 0 aliphatic rings. The van der Waals surface area contributed by atoms with Gasteiger partial charge < -0.3 is 0 Å². The smallest absolute Gasteiger partial charge is 0.00201 e. The molecule has 0 N–H and O–H groups in total. The van der Waals surface area contributed by atoms with Crippen molar-refractivity contribution in [3.8, 4) is 44.5 Å². The molecule has 66 heavy (non-hydrogen) atoms. The zero-order valence-corrected chi connectivity index (χ0v) is 37.6. The van der Waals surface area contributed by atoms with Crippen LogP contribution in [0, 0.1) is 13.8 Å². The van der Waals surface area contributed by atoms with Gasteiger partial charge in [-0.1, -0.05) is 219 Å². The van der Waals surface area contributed by atoms with Crippen LogP contribution in [0.15, 0.2) is 245 Å². The Hall–Kier alpha value is -8.32. The molecular weight excluding hydrogens is 793 g/mol. The Morgan fingerprint density at radius 2 is 0.758 bits per heavy atom. The fraction of sp³-hybridized carbons (Fsp3) is 0.0303. The Labute approximate surface area is 388 Å². The molecule has 12 aromatic carbocycles. The van der Waals surface area contributed by atoms with Gasteiger partial charge in [0.05, 0.1) is 0 Å². The number of allylic oxidation sites excluding steroid dienone is 4. The quantitative estimate of drug-likeness (QED) is 0.0852. The van der Waals surface area contributed by atoms with E-state index in [1.54, 1.807) is 0 Å². The van der Waals surface area contributed by atoms with Crippen molar-refractivity contribution in [1.29, 1.82) is 0 Å². The van der Waals surface area contributed by atoms with Crippen LogP contribution in [0.5, 0.6) is 0 Å². The second-order valence-electron chi connectivity index (χ2n) is 17.0. The predicted octanol–water partition coefficient (Wildman–Crippen LogP) is 19.0. The molecule has 12 aromatic rings. The van der Waals surface area contributed by atoms with Gasteiger partial charge in [0.15, 0.2) is 0 Å². The molecule has 0 saturated heterocycles. The van der Waals surface area contributed by atoms with Gasteiger partial charge in [0.1, 0.15) is 0 Å². The van der Waals surface area contributed by atoms with Crippen LogP contribution in [-0.2, 0) is 0 Å². The van der Waals surface area contributed by atoms with Crippen LogP contribution in [0.1, 0.15) is 16.7 Å². The molecule has 0 radical (unpaired) electrons. The monoisotopic (exact) mass is 842 g/mol. The molecule has 0 atom stereocenters. The summed E-state index contributed by atoms with van der Waals surface area (Å²) in [5, 5.41) is 15.5. The molecule has 12 rings (SSSR count). The molecule has 0 amide bonds. The van der Waals surface area contributed by atoms with E-state index in [9.17, 15) is 0 Å². The van der Waals surface area contributed by atoms with Gasteiger partial charge in [-0.3, -0.25) is 0 Å². The van der Waals surface area contributed by atoms with E-state index in [1.807, 2.05) is 18.2 Å². The molecule has 0 unspecified atom stereocenters. The molecule has 0 aliphatic heterocycles. The van der Waals surface area contributed by atoms with Crippen molar-refractivity contribution in [3.63, 3.8) is 0 Å². The first kappa shape index (κ1) is 41.7. The highest BCUT2D eigenvalue weighted by molar-refractivity contribution is 6.32. The van der Waals surface area contributed by atoms with E-state index in [2.05, 4.69) is 240 Å². The summed E-state index contributed by atoms with van der Waals surface area (Å²) >= 11 is 0. The van der Waals surface area contributed by atoms with E-state index in [4.69, 9.17) is 0 Å². The summed E-state index contributed by atoms with van der Waals surface area (Å²) in [5.74, 6) is 0. The van der Waals surface area contributed by atoms with Crippen LogP contribution < -0.4 is 0 Å². The van der Waals surface area contributed by atoms with Crippen molar-refractivity contribution >= 4 is 70.2 Å². The third-order valence-electron chi connectivity index (χ3n) is 13.4. The van der Waals surface area contributed by atoms with Gasteiger partial charge in [0.2, 0.25) is 0 Å². The number of hydrogen-bond donors (Lipinski definition) is 0. The van der Waals surface area contributed by atoms with Crippen molar-refractivity contribution in [1.82, 2.24) is 0 Å². The molecule has 0 saturated carbocycles. The van der Waals surface area contributed by atoms with Gasteiger partial charge in [-0.15, -0.1) is 13.2 Å². The van der Waals surface area contributed by atoms with E-state index in [0.29, 0.717) is 0 Å². The second-order valence-corrected chi connectivity index (χ2v) is 17.0. The van der Waals surface area contributed by atoms with Crippen molar-refractivity contribution < 1.29 is 0 Å². The van der Waals surface area contributed by atoms with E-state index >= 15 is 0 Å². The molecule has 0 heteroatoms. The first-order valence-electron chi connectivity index (χ1n) is 22.6. The lowest BCUT2D eigenvalue weighted by molar-refractivity contribution is 1.34. The first-order chi connectivity index (χ1) is 32.5. The molecule has 314 valence electrons. The van der Waals surface area contributed by atoms with Crippen LogP contribution >= 0.6 is 0 Å². The van der Waals surface area contributed by atoms with Gasteiger partial charge in [-0.05, 0) is 157 Å². The highest BCUT2D eigenvalue weighted by atomic mass is 14.2. The zero-order chi connectivity index (χ0) is 45.3. The Kier molecular flexibility index (Phi) is 11.2. The van der Waals surface area contributed by atoms with Crippen molar-refractivity contribution in [2.75, 3.05) is 0 Å². The van der Waals surface area contributed by atoms with Gasteiger partial charge in [-0.2, -0.15) is 0 Å². The summed E-state index contributed by atoms with van der Waals surface area (Å²) in [6.07, 6.45) is 5.70. The maximum atomic E-state index is 4.00. The number of rotatable bonds is 7. The van der Waals surface area contributed by atoms with E-state index in [1.165, 1.54) is 120 Å². The van der Waals surface area contributed by atoms with Crippen LogP contribution in [-0.4, -0.2) is 0 Å². The molecule has 0 aliphatic carbocycles. The van der Waals surface area contributed by atoms with Crippen LogP contribution in [0.3, 0.4) is 0 Å². The van der Waals surface area contributed by atoms with Crippen molar-refractivity contribution in [2.45, 2.75) is 13.8 Å². The lowest BCUT2D eigenvalue weighted by Gasteiger charge is -2.20. The Bertz CT molecular complexity index is 3730. The standard InChI is InChI=1S/C56H36.C8H10.C2H4/c1-3-10-35(4-2)37-17-21-39(22-18-37)45-29-27-43-33-51(47-15-8-13-41-25-31-49(45)55(43)53(41)47)52-34-44-28-30-46(40-23-19-38(20-24-40)36-11-6-5-7-12-36)50-32-26-42-14-9-16-48(52)54(42)56(44)50;1-7-5-3-4-6-8(7)2;1-2/h3-34H,1-2H2;3-6H,1-2H3;1-2H2/b35-10+;;. The summed E-state index contributed by atoms with van der Waals surface area (Å²) < 4.78 is 0. The number of hydrogen-bond acceptors (Lipinski definition) is 0. The minimum absolute atomic E-state index is 1.07. The maximum absolute atomic E-state index is 4.00. The van der Waals surface area contributed by atoms with Crippen molar-refractivity contribution in [2.24, 2.45) is 0 Å². The average Bonchev–Trinajstić information content (AvgIpc) is 3.38. The Balaban J connectivity index is 0.000000460. The van der Waals surface area contributed by atoms with Gasteiger partial charge >= 0.3 is 0 Å². The Morgan fingerprint density at radius 3 is 1.23 bits per heavy atom. The van der Waals surface area contributed by atoms with Crippen molar-refractivity contribution in [3.05, 3.63) is 261 Å². The molecule has 0 spiro atoms. The summed E-state index contributed by atoms with van der Waals surface area (Å²) in [6.45, 7) is 18.1. The topological polar surface area (TPSA) is 0 Å². The van der Waals surface area contributed by atoms with E-state index in [-0.39, 0.29) is 0 Å². The molecule has 0 fully saturated rings. The predicted molar refractivity (Wildman–Crippen MR) is 291 cm³/mol. The van der Waals surface area contributed by atoms with Gasteiger partial charge in [-0.25, -0.2) is 0 Å². The minimum atomic E-state index is 1.07. The fourth-order valence-electron chi connectivity index (χ4n) is 9.99. The molecule has 0 aromatic heterocycles. The molecule has 0 bridgehead atoms. The third-order valence-corrected chi connectivity index (χ3v) is 13.4. The summed E-state index contributed by atoms with van der Waals surface area (Å²) in [7, 11) is 0. The van der Waals surface area contributed by atoms with Gasteiger partial charge in [0.25, 0.3) is 0 Å². The van der Waals surface area contributed by atoms with Crippen LogP contribution in [0.25, 0.3) is 115 Å². The third kappa shape index (κ3) is 7.24. The summed E-state index contributed by atoms with van der Waals surface area (Å²) in [4.78, 5) is 0. The van der Waals surface area contributed by atoms with Crippen LogP contribution in [0.4, 0.5) is 0 Å². The fourth-order valence-corrected chi connectivity index (χ4v) is 9.99. The lowest BCUT2D eigenvalue weighted by Crippen LogP contribution is -1.93. The lowest BCUT2D eigenvalue weighted by atomic mass is 9.83. The number of aryl methyl sites for hydroxylation is 2.